The summed E-state index contributed by atoms with van der Waals surface area (Å²) in [7, 11) is 0. The van der Waals surface area contributed by atoms with Crippen LogP contribution in [0.1, 0.15) is 26.2 Å². The topological polar surface area (TPSA) is 43.6 Å². The number of halogens is 1. The molecule has 1 heterocycles. The molecule has 0 radical (unpaired) electrons. The van der Waals surface area contributed by atoms with Crippen LogP contribution in [-0.4, -0.2) is 23.7 Å². The molecule has 0 unspecified atom stereocenters. The van der Waals surface area contributed by atoms with Crippen LogP contribution in [0, 0.1) is 5.92 Å². The van der Waals surface area contributed by atoms with Crippen LogP contribution in [0.15, 0.2) is 27.7 Å². The van der Waals surface area contributed by atoms with E-state index in [9.17, 15) is 4.79 Å². The molecular formula is C16H19BrN2O2S. The van der Waals surface area contributed by atoms with Gasteiger partial charge < -0.3 is 9.30 Å². The average Bonchev–Trinajstić information content (AvgIpc) is 2.74. The van der Waals surface area contributed by atoms with Crippen molar-refractivity contribution >= 4 is 43.4 Å². The first kappa shape index (κ1) is 15.9. The van der Waals surface area contributed by atoms with Crippen LogP contribution in [0.25, 0.3) is 10.2 Å². The molecule has 1 aromatic carbocycles. The Morgan fingerprint density at radius 1 is 1.50 bits per heavy atom. The zero-order valence-electron chi connectivity index (χ0n) is 12.5. The van der Waals surface area contributed by atoms with E-state index in [1.165, 1.54) is 0 Å². The lowest BCUT2D eigenvalue weighted by Gasteiger charge is -2.20. The molecule has 6 heteroatoms. The van der Waals surface area contributed by atoms with Crippen molar-refractivity contribution in [2.45, 2.75) is 32.7 Å². The third-order valence-electron chi connectivity index (χ3n) is 3.97. The van der Waals surface area contributed by atoms with Crippen LogP contribution >= 0.6 is 27.3 Å². The van der Waals surface area contributed by atoms with E-state index in [4.69, 9.17) is 4.74 Å². The van der Waals surface area contributed by atoms with Crippen molar-refractivity contribution in [3.8, 4) is 0 Å². The predicted molar refractivity (Wildman–Crippen MR) is 91.9 cm³/mol. The molecule has 1 aromatic heterocycles. The number of nitrogens with zero attached hydrogens (tertiary/aromatic N) is 2. The number of benzene rings is 1. The van der Waals surface area contributed by atoms with E-state index in [2.05, 4.69) is 37.6 Å². The van der Waals surface area contributed by atoms with E-state index in [0.29, 0.717) is 19.8 Å². The van der Waals surface area contributed by atoms with Gasteiger partial charge in [0.25, 0.3) is 5.91 Å². The van der Waals surface area contributed by atoms with Crippen molar-refractivity contribution in [1.29, 1.82) is 0 Å². The maximum Gasteiger partial charge on any atom is 0.251 e. The van der Waals surface area contributed by atoms with Gasteiger partial charge in [0.15, 0.2) is 4.80 Å². The van der Waals surface area contributed by atoms with Crippen molar-refractivity contribution in [2.75, 3.05) is 13.2 Å². The maximum atomic E-state index is 12.2. The number of amides is 1. The van der Waals surface area contributed by atoms with Crippen molar-refractivity contribution in [1.82, 2.24) is 4.57 Å². The molecule has 22 heavy (non-hydrogen) atoms. The molecule has 118 valence electrons. The van der Waals surface area contributed by atoms with Gasteiger partial charge in [0.05, 0.1) is 16.8 Å². The highest BCUT2D eigenvalue weighted by Crippen LogP contribution is 2.27. The van der Waals surface area contributed by atoms with E-state index in [-0.39, 0.29) is 11.8 Å². The Kier molecular flexibility index (Phi) is 5.10. The Labute approximate surface area is 141 Å². The molecule has 0 N–H and O–H groups in total. The van der Waals surface area contributed by atoms with Crippen LogP contribution in [-0.2, 0) is 16.1 Å². The summed E-state index contributed by atoms with van der Waals surface area (Å²) in [5.74, 6) is 0.166. The normalized spacial score (nSPS) is 16.2. The monoisotopic (exact) mass is 382 g/mol. The summed E-state index contributed by atoms with van der Waals surface area (Å²) in [5, 5.41) is 0. The number of fused-ring (bicyclic) bond motifs is 1. The number of carbonyl (C=O) groups is 1. The van der Waals surface area contributed by atoms with Gasteiger partial charge in [-0.3, -0.25) is 4.79 Å². The Bertz CT molecular complexity index is 746. The summed E-state index contributed by atoms with van der Waals surface area (Å²) in [5.41, 5.74) is 1.10. The summed E-state index contributed by atoms with van der Waals surface area (Å²) in [6.07, 6.45) is 3.12. The average molecular weight is 383 g/mol. The van der Waals surface area contributed by atoms with E-state index in [1.807, 2.05) is 13.0 Å². The first-order valence-electron chi connectivity index (χ1n) is 7.64. The summed E-state index contributed by atoms with van der Waals surface area (Å²) in [6, 6.07) is 6.16. The Balaban J connectivity index is 2.00. The van der Waals surface area contributed by atoms with Gasteiger partial charge in [-0.05, 0) is 38.0 Å². The number of aromatic nitrogens is 1. The van der Waals surface area contributed by atoms with Gasteiger partial charge in [-0.2, -0.15) is 4.99 Å². The second-order valence-corrected chi connectivity index (χ2v) is 7.35. The van der Waals surface area contributed by atoms with Crippen LogP contribution in [0.5, 0.6) is 0 Å². The number of hydrogen-bond acceptors (Lipinski definition) is 3. The minimum absolute atomic E-state index is 0.0297. The first-order chi connectivity index (χ1) is 10.7. The highest BCUT2D eigenvalue weighted by Gasteiger charge is 2.25. The molecule has 1 amide bonds. The Morgan fingerprint density at radius 2 is 2.32 bits per heavy atom. The van der Waals surface area contributed by atoms with Crippen LogP contribution in [0.2, 0.25) is 0 Å². The molecule has 4 nitrogen and oxygen atoms in total. The lowest BCUT2D eigenvalue weighted by Crippen LogP contribution is -2.25. The zero-order valence-corrected chi connectivity index (χ0v) is 15.0. The lowest BCUT2D eigenvalue weighted by molar-refractivity contribution is -0.124. The largest absolute Gasteiger partial charge is 0.380 e. The molecule has 1 aliphatic carbocycles. The van der Waals surface area contributed by atoms with Gasteiger partial charge in [-0.25, -0.2) is 0 Å². The van der Waals surface area contributed by atoms with Crippen molar-refractivity contribution in [3.05, 3.63) is 27.5 Å². The van der Waals surface area contributed by atoms with Crippen LogP contribution in [0.3, 0.4) is 0 Å². The molecule has 0 aliphatic heterocycles. The Hall–Kier alpha value is -0.980. The molecule has 1 saturated carbocycles. The van der Waals surface area contributed by atoms with Crippen molar-refractivity contribution in [2.24, 2.45) is 10.9 Å². The van der Waals surface area contributed by atoms with Crippen molar-refractivity contribution < 1.29 is 9.53 Å². The van der Waals surface area contributed by atoms with E-state index in [0.717, 1.165) is 38.8 Å². The lowest BCUT2D eigenvalue weighted by atomic mass is 9.85. The quantitative estimate of drug-likeness (QED) is 0.739. The third kappa shape index (κ3) is 3.34. The van der Waals surface area contributed by atoms with Gasteiger partial charge in [-0.15, -0.1) is 0 Å². The van der Waals surface area contributed by atoms with Gasteiger partial charge in [-0.1, -0.05) is 33.7 Å². The SMILES string of the molecule is CCOCCn1c(=NC(=O)C2CCC2)sc2cc(Br)ccc21. The van der Waals surface area contributed by atoms with Crippen LogP contribution in [0.4, 0.5) is 0 Å². The highest BCUT2D eigenvalue weighted by atomic mass is 79.9. The minimum atomic E-state index is 0.0297. The zero-order chi connectivity index (χ0) is 15.5. The molecule has 3 rings (SSSR count). The minimum Gasteiger partial charge on any atom is -0.380 e. The predicted octanol–water partition coefficient (Wildman–Crippen LogP) is 3.73. The van der Waals surface area contributed by atoms with Gasteiger partial charge >= 0.3 is 0 Å². The number of thiazole rings is 1. The fraction of sp³-hybridized carbons (Fsp3) is 0.500. The number of ether oxygens (including phenoxy) is 1. The molecular weight excluding hydrogens is 364 g/mol. The van der Waals surface area contributed by atoms with Gasteiger partial charge in [0, 0.05) is 23.5 Å². The number of hydrogen-bond donors (Lipinski definition) is 0. The van der Waals surface area contributed by atoms with Crippen molar-refractivity contribution in [3.63, 3.8) is 0 Å². The maximum absolute atomic E-state index is 12.2. The van der Waals surface area contributed by atoms with Gasteiger partial charge in [0.1, 0.15) is 0 Å². The molecule has 2 aromatic rings. The summed E-state index contributed by atoms with van der Waals surface area (Å²) >= 11 is 5.07. The smallest absolute Gasteiger partial charge is 0.251 e. The van der Waals surface area contributed by atoms with Crippen LogP contribution < -0.4 is 4.80 Å². The highest BCUT2D eigenvalue weighted by molar-refractivity contribution is 9.10. The molecule has 1 fully saturated rings. The fourth-order valence-corrected chi connectivity index (χ4v) is 4.10. The molecule has 0 bridgehead atoms. The Morgan fingerprint density at radius 3 is 3.00 bits per heavy atom. The number of rotatable bonds is 5. The fourth-order valence-electron chi connectivity index (χ4n) is 2.49. The van der Waals surface area contributed by atoms with E-state index < -0.39 is 0 Å². The molecule has 1 aliphatic rings. The summed E-state index contributed by atoms with van der Waals surface area (Å²) < 4.78 is 9.73. The number of carbonyl (C=O) groups excluding carboxylic acids is 1. The third-order valence-corrected chi connectivity index (χ3v) is 5.50. The van der Waals surface area contributed by atoms with E-state index >= 15 is 0 Å². The second kappa shape index (κ2) is 7.06. The van der Waals surface area contributed by atoms with Gasteiger partial charge in [0.2, 0.25) is 0 Å². The summed E-state index contributed by atoms with van der Waals surface area (Å²) in [6.45, 7) is 4.02. The second-order valence-electron chi connectivity index (χ2n) is 5.42. The summed E-state index contributed by atoms with van der Waals surface area (Å²) in [4.78, 5) is 17.4. The first-order valence-corrected chi connectivity index (χ1v) is 9.25. The van der Waals surface area contributed by atoms with E-state index in [1.54, 1.807) is 11.3 Å². The molecule has 0 spiro atoms. The molecule has 0 saturated heterocycles. The standard InChI is InChI=1S/C16H19BrN2O2S/c1-2-21-9-8-19-13-7-6-12(17)10-14(13)22-16(19)18-15(20)11-4-3-5-11/h6-7,10-11H,2-5,8-9H2,1H3. The molecule has 0 atom stereocenters.